The highest BCUT2D eigenvalue weighted by Gasteiger charge is 2.40. The molecule has 2 amide bonds. The topological polar surface area (TPSA) is 66.6 Å². The molecule has 0 saturated carbocycles. The van der Waals surface area contributed by atoms with Crippen molar-refractivity contribution in [1.29, 1.82) is 0 Å². The Hall–Kier alpha value is -1.88. The summed E-state index contributed by atoms with van der Waals surface area (Å²) >= 11 is 0. The first-order valence-electron chi connectivity index (χ1n) is 7.48. The van der Waals surface area contributed by atoms with Crippen LogP contribution in [0.2, 0.25) is 0 Å². The number of anilines is 1. The van der Waals surface area contributed by atoms with E-state index < -0.39 is 5.92 Å². The summed E-state index contributed by atoms with van der Waals surface area (Å²) in [6, 6.07) is 7.89. The lowest BCUT2D eigenvalue weighted by Crippen LogP contribution is -2.40. The van der Waals surface area contributed by atoms with Crippen LogP contribution in [0.4, 0.5) is 5.69 Å². The Balaban J connectivity index is 1.71. The first-order valence-corrected chi connectivity index (χ1v) is 7.48. The van der Waals surface area contributed by atoms with Gasteiger partial charge in [-0.15, -0.1) is 0 Å². The molecule has 0 aliphatic carbocycles. The lowest BCUT2D eigenvalue weighted by Gasteiger charge is -2.20. The summed E-state index contributed by atoms with van der Waals surface area (Å²) in [4.78, 5) is 28.4. The van der Waals surface area contributed by atoms with E-state index in [-0.39, 0.29) is 17.9 Å². The summed E-state index contributed by atoms with van der Waals surface area (Å²) in [5.74, 6) is -0.663. The summed E-state index contributed by atoms with van der Waals surface area (Å²) in [5, 5.41) is 0. The van der Waals surface area contributed by atoms with E-state index in [9.17, 15) is 9.59 Å². The summed E-state index contributed by atoms with van der Waals surface area (Å²) in [6.45, 7) is 3.87. The summed E-state index contributed by atoms with van der Waals surface area (Å²) in [7, 11) is 0. The van der Waals surface area contributed by atoms with Crippen LogP contribution < -0.4 is 10.6 Å². The maximum absolute atomic E-state index is 12.5. The SMILES string of the molecule is Cc1ccc(N2CCC(C(=O)N3CC[C@@H](N)C3)C2=O)cc1. The highest BCUT2D eigenvalue weighted by atomic mass is 16.2. The molecule has 2 aliphatic heterocycles. The average Bonchev–Trinajstić information content (AvgIpc) is 3.06. The molecule has 5 heteroatoms. The second-order valence-corrected chi connectivity index (χ2v) is 6.00. The maximum Gasteiger partial charge on any atom is 0.239 e. The Labute approximate surface area is 124 Å². The fraction of sp³-hybridized carbons (Fsp3) is 0.500. The van der Waals surface area contributed by atoms with Gasteiger partial charge in [-0.05, 0) is 31.9 Å². The van der Waals surface area contributed by atoms with Gasteiger partial charge in [0.25, 0.3) is 0 Å². The Morgan fingerprint density at radius 3 is 2.52 bits per heavy atom. The highest BCUT2D eigenvalue weighted by Crippen LogP contribution is 2.27. The van der Waals surface area contributed by atoms with Crippen molar-refractivity contribution in [3.8, 4) is 0 Å². The predicted octanol–water partition coefficient (Wildman–Crippen LogP) is 0.908. The number of rotatable bonds is 2. The monoisotopic (exact) mass is 287 g/mol. The minimum absolute atomic E-state index is 0.0532. The second kappa shape index (κ2) is 5.48. The number of nitrogens with zero attached hydrogens (tertiary/aromatic N) is 2. The highest BCUT2D eigenvalue weighted by molar-refractivity contribution is 6.09. The van der Waals surface area contributed by atoms with Gasteiger partial charge in [0.1, 0.15) is 5.92 Å². The molecule has 2 atom stereocenters. The standard InChI is InChI=1S/C16H21N3O2/c1-11-2-4-13(5-3-11)19-9-7-14(16(19)21)15(20)18-8-6-12(17)10-18/h2-5,12,14H,6-10,17H2,1H3/t12-,14?/m1/s1. The smallest absolute Gasteiger partial charge is 0.239 e. The second-order valence-electron chi connectivity index (χ2n) is 6.00. The van der Waals surface area contributed by atoms with E-state index in [0.717, 1.165) is 17.7 Å². The van der Waals surface area contributed by atoms with Gasteiger partial charge in [0.15, 0.2) is 0 Å². The molecule has 2 saturated heterocycles. The van der Waals surface area contributed by atoms with Crippen LogP contribution in [0.1, 0.15) is 18.4 Å². The van der Waals surface area contributed by atoms with Gasteiger partial charge >= 0.3 is 0 Å². The molecule has 1 aromatic carbocycles. The number of nitrogens with two attached hydrogens (primary N) is 1. The molecule has 1 aromatic rings. The molecule has 0 bridgehead atoms. The van der Waals surface area contributed by atoms with Crippen LogP contribution in [0.5, 0.6) is 0 Å². The van der Waals surface area contributed by atoms with Crippen molar-refractivity contribution in [3.63, 3.8) is 0 Å². The van der Waals surface area contributed by atoms with Crippen LogP contribution in [0, 0.1) is 12.8 Å². The fourth-order valence-corrected chi connectivity index (χ4v) is 3.10. The first kappa shape index (κ1) is 14.1. The van der Waals surface area contributed by atoms with Gasteiger partial charge in [-0.1, -0.05) is 17.7 Å². The van der Waals surface area contributed by atoms with Crippen LogP contribution >= 0.6 is 0 Å². The number of likely N-dealkylation sites (tertiary alicyclic amines) is 1. The number of benzene rings is 1. The Morgan fingerprint density at radius 2 is 1.90 bits per heavy atom. The lowest BCUT2D eigenvalue weighted by atomic mass is 10.1. The van der Waals surface area contributed by atoms with E-state index in [1.54, 1.807) is 9.80 Å². The zero-order valence-corrected chi connectivity index (χ0v) is 12.3. The molecule has 21 heavy (non-hydrogen) atoms. The molecule has 2 N–H and O–H groups in total. The minimum atomic E-state index is -0.531. The van der Waals surface area contributed by atoms with Gasteiger partial charge in [-0.25, -0.2) is 0 Å². The van der Waals surface area contributed by atoms with E-state index in [0.29, 0.717) is 26.1 Å². The molecule has 0 spiro atoms. The lowest BCUT2D eigenvalue weighted by molar-refractivity contribution is -0.139. The summed E-state index contributed by atoms with van der Waals surface area (Å²) < 4.78 is 0. The first-order chi connectivity index (χ1) is 10.1. The zero-order chi connectivity index (χ0) is 15.0. The van der Waals surface area contributed by atoms with Crippen molar-refractivity contribution in [2.45, 2.75) is 25.8 Å². The normalized spacial score (nSPS) is 25.7. The third-order valence-electron chi connectivity index (χ3n) is 4.39. The van der Waals surface area contributed by atoms with Gasteiger partial charge in [0.2, 0.25) is 11.8 Å². The van der Waals surface area contributed by atoms with E-state index in [1.807, 2.05) is 31.2 Å². The largest absolute Gasteiger partial charge is 0.340 e. The molecule has 5 nitrogen and oxygen atoms in total. The molecule has 2 fully saturated rings. The van der Waals surface area contributed by atoms with Crippen LogP contribution in [0.25, 0.3) is 0 Å². The molecule has 0 radical (unpaired) electrons. The maximum atomic E-state index is 12.5. The minimum Gasteiger partial charge on any atom is -0.340 e. The predicted molar refractivity (Wildman–Crippen MR) is 80.8 cm³/mol. The zero-order valence-electron chi connectivity index (χ0n) is 12.3. The van der Waals surface area contributed by atoms with Gasteiger partial charge in [-0.3, -0.25) is 9.59 Å². The quantitative estimate of drug-likeness (QED) is 0.822. The molecular weight excluding hydrogens is 266 g/mol. The van der Waals surface area contributed by atoms with Crippen molar-refractivity contribution in [2.75, 3.05) is 24.5 Å². The van der Waals surface area contributed by atoms with Gasteiger partial charge in [0.05, 0.1) is 0 Å². The molecule has 1 unspecified atom stereocenters. The summed E-state index contributed by atoms with van der Waals surface area (Å²) in [6.07, 6.45) is 1.42. The fourth-order valence-electron chi connectivity index (χ4n) is 3.10. The Morgan fingerprint density at radius 1 is 1.19 bits per heavy atom. The number of aryl methyl sites for hydroxylation is 1. The van der Waals surface area contributed by atoms with E-state index in [2.05, 4.69) is 0 Å². The summed E-state index contributed by atoms with van der Waals surface area (Å²) in [5.41, 5.74) is 7.87. The third kappa shape index (κ3) is 2.65. The van der Waals surface area contributed by atoms with E-state index >= 15 is 0 Å². The molecule has 3 rings (SSSR count). The van der Waals surface area contributed by atoms with Crippen LogP contribution in [0.15, 0.2) is 24.3 Å². The number of carbonyl (C=O) groups is 2. The molecule has 0 aromatic heterocycles. The Kier molecular flexibility index (Phi) is 3.68. The van der Waals surface area contributed by atoms with Crippen molar-refractivity contribution in [2.24, 2.45) is 11.7 Å². The van der Waals surface area contributed by atoms with Gasteiger partial charge in [0, 0.05) is 31.4 Å². The number of hydrogen-bond acceptors (Lipinski definition) is 3. The third-order valence-corrected chi connectivity index (χ3v) is 4.39. The van der Waals surface area contributed by atoms with Crippen molar-refractivity contribution in [1.82, 2.24) is 4.90 Å². The molecule has 2 heterocycles. The van der Waals surface area contributed by atoms with Crippen LogP contribution in [-0.2, 0) is 9.59 Å². The molecular formula is C16H21N3O2. The van der Waals surface area contributed by atoms with Crippen molar-refractivity contribution >= 4 is 17.5 Å². The molecule has 2 aliphatic rings. The van der Waals surface area contributed by atoms with Crippen molar-refractivity contribution < 1.29 is 9.59 Å². The van der Waals surface area contributed by atoms with E-state index in [1.165, 1.54) is 0 Å². The molecule has 112 valence electrons. The Bertz CT molecular complexity index is 555. The van der Waals surface area contributed by atoms with E-state index in [4.69, 9.17) is 5.73 Å². The van der Waals surface area contributed by atoms with Crippen LogP contribution in [-0.4, -0.2) is 42.4 Å². The van der Waals surface area contributed by atoms with Crippen molar-refractivity contribution in [3.05, 3.63) is 29.8 Å². The number of carbonyl (C=O) groups excluding carboxylic acids is 2. The average molecular weight is 287 g/mol. The van der Waals surface area contributed by atoms with Gasteiger partial charge < -0.3 is 15.5 Å². The number of hydrogen-bond donors (Lipinski definition) is 1. The van der Waals surface area contributed by atoms with Crippen LogP contribution in [0.3, 0.4) is 0 Å². The number of amides is 2. The van der Waals surface area contributed by atoms with Gasteiger partial charge in [-0.2, -0.15) is 0 Å².